The van der Waals surface area contributed by atoms with Crippen molar-refractivity contribution in [1.29, 1.82) is 0 Å². The van der Waals surface area contributed by atoms with E-state index in [4.69, 9.17) is 0 Å². The predicted molar refractivity (Wildman–Crippen MR) is 90.3 cm³/mol. The lowest BCUT2D eigenvalue weighted by molar-refractivity contribution is 0.154. The molecule has 2 heterocycles. The molecule has 0 amide bonds. The Kier molecular flexibility index (Phi) is 7.82. The molecule has 1 saturated heterocycles. The topological polar surface area (TPSA) is 33.1 Å². The standard InChI is InChI=1S/C15H19FN4.2ClH/c16-14-4-1-3-13(11-14)15-12-17-6-8-19(15)9-10-20-7-2-5-18-20;;/h1-5,7,11,15,17H,6,8-10,12H2;2*1H. The van der Waals surface area contributed by atoms with Crippen LogP contribution in [0.15, 0.2) is 42.7 Å². The SMILES string of the molecule is Cl.Cl.Fc1cccc(C2CNCCN2CCn2cccn2)c1. The molecular formula is C15H21Cl2FN4. The highest BCUT2D eigenvalue weighted by Crippen LogP contribution is 2.22. The fourth-order valence-electron chi connectivity index (χ4n) is 2.72. The molecule has 22 heavy (non-hydrogen) atoms. The van der Waals surface area contributed by atoms with Gasteiger partial charge in [0.15, 0.2) is 0 Å². The maximum Gasteiger partial charge on any atom is 0.123 e. The highest BCUT2D eigenvalue weighted by atomic mass is 35.5. The Balaban J connectivity index is 0.00000121. The molecule has 2 aromatic rings. The molecule has 122 valence electrons. The summed E-state index contributed by atoms with van der Waals surface area (Å²) in [7, 11) is 0. The van der Waals surface area contributed by atoms with E-state index >= 15 is 0 Å². The van der Waals surface area contributed by atoms with Gasteiger partial charge in [-0.3, -0.25) is 9.58 Å². The lowest BCUT2D eigenvalue weighted by Crippen LogP contribution is -2.47. The summed E-state index contributed by atoms with van der Waals surface area (Å²) in [6.45, 7) is 4.60. The van der Waals surface area contributed by atoms with Gasteiger partial charge in [-0.1, -0.05) is 12.1 Å². The molecule has 1 aliphatic rings. The van der Waals surface area contributed by atoms with Crippen molar-refractivity contribution in [2.75, 3.05) is 26.2 Å². The van der Waals surface area contributed by atoms with Gasteiger partial charge in [-0.05, 0) is 23.8 Å². The van der Waals surface area contributed by atoms with Crippen LogP contribution in [0.4, 0.5) is 4.39 Å². The number of hydrogen-bond acceptors (Lipinski definition) is 3. The molecule has 1 aromatic carbocycles. The summed E-state index contributed by atoms with van der Waals surface area (Å²) in [6, 6.07) is 9.08. The minimum atomic E-state index is -0.167. The van der Waals surface area contributed by atoms with Crippen LogP contribution in [-0.2, 0) is 6.54 Å². The lowest BCUT2D eigenvalue weighted by atomic mass is 10.0. The average molecular weight is 347 g/mol. The number of nitrogens with one attached hydrogen (secondary N) is 1. The molecule has 0 aliphatic carbocycles. The quantitative estimate of drug-likeness (QED) is 0.923. The lowest BCUT2D eigenvalue weighted by Gasteiger charge is -2.36. The Bertz CT molecular complexity index is 550. The summed E-state index contributed by atoms with van der Waals surface area (Å²) in [4.78, 5) is 2.40. The molecule has 1 fully saturated rings. The zero-order valence-corrected chi connectivity index (χ0v) is 13.8. The zero-order valence-electron chi connectivity index (χ0n) is 12.2. The maximum absolute atomic E-state index is 13.4. The van der Waals surface area contributed by atoms with E-state index < -0.39 is 0 Å². The third kappa shape index (κ3) is 4.68. The van der Waals surface area contributed by atoms with Crippen LogP contribution >= 0.6 is 24.8 Å². The van der Waals surface area contributed by atoms with Crippen molar-refractivity contribution in [3.8, 4) is 0 Å². The first-order valence-corrected chi connectivity index (χ1v) is 7.00. The Morgan fingerprint density at radius 2 is 2.09 bits per heavy atom. The van der Waals surface area contributed by atoms with E-state index in [1.165, 1.54) is 6.07 Å². The van der Waals surface area contributed by atoms with Crippen LogP contribution in [0.2, 0.25) is 0 Å². The summed E-state index contributed by atoms with van der Waals surface area (Å²) >= 11 is 0. The Hall–Kier alpha value is -1.14. The van der Waals surface area contributed by atoms with Gasteiger partial charge in [0, 0.05) is 44.6 Å². The number of rotatable bonds is 4. The molecule has 1 atom stereocenters. The van der Waals surface area contributed by atoms with E-state index in [-0.39, 0.29) is 36.7 Å². The van der Waals surface area contributed by atoms with E-state index in [0.717, 1.165) is 38.3 Å². The number of nitrogens with zero attached hydrogens (tertiary/aromatic N) is 3. The number of piperazine rings is 1. The second-order valence-corrected chi connectivity index (χ2v) is 5.08. The van der Waals surface area contributed by atoms with Gasteiger partial charge >= 0.3 is 0 Å². The van der Waals surface area contributed by atoms with Gasteiger partial charge in [0.05, 0.1) is 6.54 Å². The molecule has 1 aliphatic heterocycles. The maximum atomic E-state index is 13.4. The van der Waals surface area contributed by atoms with Crippen molar-refractivity contribution in [3.05, 3.63) is 54.1 Å². The highest BCUT2D eigenvalue weighted by molar-refractivity contribution is 5.85. The van der Waals surface area contributed by atoms with Gasteiger partial charge in [0.1, 0.15) is 5.82 Å². The van der Waals surface area contributed by atoms with Gasteiger partial charge in [-0.15, -0.1) is 24.8 Å². The first kappa shape index (κ1) is 18.9. The summed E-state index contributed by atoms with van der Waals surface area (Å²) in [5.74, 6) is -0.167. The first-order chi connectivity index (χ1) is 9.83. The van der Waals surface area contributed by atoms with Gasteiger partial charge in [0.25, 0.3) is 0 Å². The van der Waals surface area contributed by atoms with Crippen LogP contribution < -0.4 is 5.32 Å². The van der Waals surface area contributed by atoms with Crippen molar-refractivity contribution < 1.29 is 4.39 Å². The van der Waals surface area contributed by atoms with Crippen LogP contribution in [0.25, 0.3) is 0 Å². The fourth-order valence-corrected chi connectivity index (χ4v) is 2.72. The van der Waals surface area contributed by atoms with E-state index in [2.05, 4.69) is 15.3 Å². The normalized spacial score (nSPS) is 18.3. The van der Waals surface area contributed by atoms with Gasteiger partial charge in [0.2, 0.25) is 0 Å². The molecule has 0 radical (unpaired) electrons. The Morgan fingerprint density at radius 3 is 2.82 bits per heavy atom. The average Bonchev–Trinajstić information content (AvgIpc) is 2.99. The summed E-state index contributed by atoms with van der Waals surface area (Å²) in [5, 5.41) is 7.62. The Labute approximate surface area is 142 Å². The molecule has 1 unspecified atom stereocenters. The van der Waals surface area contributed by atoms with E-state index in [0.29, 0.717) is 0 Å². The van der Waals surface area contributed by atoms with Crippen LogP contribution in [0.5, 0.6) is 0 Å². The molecule has 0 bridgehead atoms. The molecule has 3 rings (SSSR count). The molecule has 4 nitrogen and oxygen atoms in total. The van der Waals surface area contributed by atoms with E-state index in [9.17, 15) is 4.39 Å². The number of aromatic nitrogens is 2. The first-order valence-electron chi connectivity index (χ1n) is 7.00. The third-order valence-corrected chi connectivity index (χ3v) is 3.76. The van der Waals surface area contributed by atoms with Gasteiger partial charge < -0.3 is 5.32 Å². The predicted octanol–water partition coefficient (Wildman–Crippen LogP) is 2.51. The second-order valence-electron chi connectivity index (χ2n) is 5.08. The van der Waals surface area contributed by atoms with Gasteiger partial charge in [-0.25, -0.2) is 4.39 Å². The number of halogens is 3. The van der Waals surface area contributed by atoms with Crippen molar-refractivity contribution in [1.82, 2.24) is 20.0 Å². The molecular weight excluding hydrogens is 326 g/mol. The van der Waals surface area contributed by atoms with E-state index in [1.54, 1.807) is 18.3 Å². The third-order valence-electron chi connectivity index (χ3n) is 3.76. The fraction of sp³-hybridized carbons (Fsp3) is 0.400. The van der Waals surface area contributed by atoms with Crippen molar-refractivity contribution in [2.45, 2.75) is 12.6 Å². The largest absolute Gasteiger partial charge is 0.314 e. The molecule has 1 N–H and O–H groups in total. The Morgan fingerprint density at radius 1 is 1.23 bits per heavy atom. The van der Waals surface area contributed by atoms with Crippen molar-refractivity contribution >= 4 is 24.8 Å². The van der Waals surface area contributed by atoms with Crippen LogP contribution in [0.1, 0.15) is 11.6 Å². The molecule has 0 saturated carbocycles. The summed E-state index contributed by atoms with van der Waals surface area (Å²) < 4.78 is 15.3. The minimum absolute atomic E-state index is 0. The van der Waals surface area contributed by atoms with Crippen molar-refractivity contribution in [2.24, 2.45) is 0 Å². The second kappa shape index (κ2) is 9.10. The summed E-state index contributed by atoms with van der Waals surface area (Å²) in [5.41, 5.74) is 1.04. The monoisotopic (exact) mass is 346 g/mol. The summed E-state index contributed by atoms with van der Waals surface area (Å²) in [6.07, 6.45) is 3.77. The van der Waals surface area contributed by atoms with Crippen LogP contribution in [0, 0.1) is 5.82 Å². The smallest absolute Gasteiger partial charge is 0.123 e. The van der Waals surface area contributed by atoms with Crippen LogP contribution in [-0.4, -0.2) is 40.9 Å². The molecule has 0 spiro atoms. The number of benzene rings is 1. The zero-order chi connectivity index (χ0) is 13.8. The number of hydrogen-bond donors (Lipinski definition) is 1. The van der Waals surface area contributed by atoms with E-state index in [1.807, 2.05) is 23.0 Å². The molecule has 7 heteroatoms. The minimum Gasteiger partial charge on any atom is -0.314 e. The van der Waals surface area contributed by atoms with Crippen LogP contribution in [0.3, 0.4) is 0 Å². The molecule has 1 aromatic heterocycles. The van der Waals surface area contributed by atoms with Gasteiger partial charge in [-0.2, -0.15) is 5.10 Å². The highest BCUT2D eigenvalue weighted by Gasteiger charge is 2.23. The van der Waals surface area contributed by atoms with Crippen molar-refractivity contribution in [3.63, 3.8) is 0 Å².